The van der Waals surface area contributed by atoms with Gasteiger partial charge in [0.2, 0.25) is 5.95 Å². The van der Waals surface area contributed by atoms with Gasteiger partial charge in [0.05, 0.1) is 22.4 Å². The largest absolute Gasteiger partial charge is 0.457 e. The summed E-state index contributed by atoms with van der Waals surface area (Å²) in [5.41, 5.74) is 7.22. The molecule has 0 radical (unpaired) electrons. The second-order valence-electron chi connectivity index (χ2n) is 15.2. The molecule has 8 rings (SSSR count). The lowest BCUT2D eigenvalue weighted by Crippen LogP contribution is -2.13. The Morgan fingerprint density at radius 3 is 1.38 bits per heavy atom. The normalized spacial score (nSPS) is 12.0. The summed E-state index contributed by atoms with van der Waals surface area (Å²) in [4.78, 5) is 22.5. The average molecular weight is 697 g/mol. The minimum atomic E-state index is -0.238. The Bertz CT molecular complexity index is 2410. The molecule has 0 N–H and O–H groups in total. The predicted octanol–water partition coefficient (Wildman–Crippen LogP) is 11.3. The molecule has 0 aliphatic carbocycles. The molecule has 4 heterocycles. The van der Waals surface area contributed by atoms with Gasteiger partial charge in [-0.1, -0.05) is 77.9 Å². The van der Waals surface area contributed by atoms with E-state index in [-0.39, 0.29) is 10.8 Å². The van der Waals surface area contributed by atoms with Gasteiger partial charge in [-0.15, -0.1) is 0 Å². The molecule has 0 saturated heterocycles. The van der Waals surface area contributed by atoms with Crippen molar-refractivity contribution in [3.05, 3.63) is 145 Å². The topological polar surface area (TPSA) is 87.8 Å². The van der Waals surface area contributed by atoms with Crippen molar-refractivity contribution in [1.29, 1.82) is 0 Å². The van der Waals surface area contributed by atoms with Crippen molar-refractivity contribution in [2.75, 3.05) is 0 Å². The number of ether oxygens (including phenoxy) is 2. The Morgan fingerprint density at radius 1 is 0.491 bits per heavy atom. The van der Waals surface area contributed by atoms with Crippen LogP contribution in [0.25, 0.3) is 50.3 Å². The summed E-state index contributed by atoms with van der Waals surface area (Å²) >= 11 is 0. The van der Waals surface area contributed by atoms with Gasteiger partial charge in [0.25, 0.3) is 0 Å². The molecule has 53 heavy (non-hydrogen) atoms. The first kappa shape index (κ1) is 33.7. The van der Waals surface area contributed by atoms with Crippen molar-refractivity contribution in [1.82, 2.24) is 29.5 Å². The van der Waals surface area contributed by atoms with Gasteiger partial charge >= 0.3 is 0 Å². The minimum Gasteiger partial charge on any atom is -0.457 e. The first-order valence-corrected chi connectivity index (χ1v) is 17.7. The van der Waals surface area contributed by atoms with E-state index in [1.807, 2.05) is 84.9 Å². The Hall–Kier alpha value is -6.41. The molecule has 0 saturated carbocycles. The molecule has 0 spiro atoms. The van der Waals surface area contributed by atoms with Gasteiger partial charge in [-0.05, 0) is 71.5 Å². The molecule has 0 aliphatic rings. The maximum Gasteiger partial charge on any atom is 0.237 e. The van der Waals surface area contributed by atoms with E-state index < -0.39 is 0 Å². The summed E-state index contributed by atoms with van der Waals surface area (Å²) in [6, 6.07) is 36.7. The fraction of sp³-hybridized carbons (Fsp3) is 0.178. The Kier molecular flexibility index (Phi) is 8.45. The van der Waals surface area contributed by atoms with Crippen LogP contribution in [0.3, 0.4) is 0 Å². The molecule has 0 bridgehead atoms. The lowest BCUT2D eigenvalue weighted by Gasteiger charge is -2.24. The molecule has 0 fully saturated rings. The van der Waals surface area contributed by atoms with Crippen LogP contribution < -0.4 is 9.47 Å². The van der Waals surface area contributed by atoms with Gasteiger partial charge in [0, 0.05) is 57.6 Å². The van der Waals surface area contributed by atoms with E-state index >= 15 is 0 Å². The van der Waals surface area contributed by atoms with Crippen molar-refractivity contribution in [3.63, 3.8) is 0 Å². The maximum atomic E-state index is 6.80. The van der Waals surface area contributed by atoms with E-state index in [4.69, 9.17) is 9.47 Å². The smallest absolute Gasteiger partial charge is 0.237 e. The lowest BCUT2D eigenvalue weighted by molar-refractivity contribution is 0.456. The molecule has 8 nitrogen and oxygen atoms in total. The predicted molar refractivity (Wildman–Crippen MR) is 211 cm³/mol. The Labute approximate surface area is 309 Å². The van der Waals surface area contributed by atoms with Crippen LogP contribution in [0, 0.1) is 0 Å². The summed E-state index contributed by atoms with van der Waals surface area (Å²) in [5.74, 6) is 3.44. The number of aromatic nitrogens is 6. The van der Waals surface area contributed by atoms with Gasteiger partial charge < -0.3 is 9.47 Å². The molecule has 0 amide bonds. The van der Waals surface area contributed by atoms with E-state index in [1.54, 1.807) is 12.4 Å². The average Bonchev–Trinajstić information content (AvgIpc) is 3.47. The molecule has 0 unspecified atom stereocenters. The second kappa shape index (κ2) is 13.3. The Balaban J connectivity index is 1.33. The second-order valence-corrected chi connectivity index (χ2v) is 15.2. The highest BCUT2D eigenvalue weighted by atomic mass is 16.5. The summed E-state index contributed by atoms with van der Waals surface area (Å²) in [6.07, 6.45) is 6.65. The third-order valence-electron chi connectivity index (χ3n) is 9.31. The number of nitrogens with zero attached hydrogens (tertiary/aromatic N) is 6. The fourth-order valence-electron chi connectivity index (χ4n) is 6.73. The van der Waals surface area contributed by atoms with Crippen molar-refractivity contribution in [2.45, 2.75) is 52.4 Å². The summed E-state index contributed by atoms with van der Waals surface area (Å²) in [7, 11) is 0. The van der Waals surface area contributed by atoms with Gasteiger partial charge in [0.15, 0.2) is 0 Å². The Morgan fingerprint density at radius 2 is 0.962 bits per heavy atom. The SMILES string of the molecule is CC(C)(C)c1cc2c3cc(C(C)(C)C)c(Oc4cccc(-c5ccccn5)c4)cc3n(-c3ncncn3)c2cc1Oc1cccc(-c2ccccn2)c1. The third-order valence-corrected chi connectivity index (χ3v) is 9.31. The fourth-order valence-corrected chi connectivity index (χ4v) is 6.73. The molecular weight excluding hydrogens is 657 g/mol. The van der Waals surface area contributed by atoms with Crippen LogP contribution in [0.1, 0.15) is 52.7 Å². The third kappa shape index (κ3) is 6.71. The van der Waals surface area contributed by atoms with Crippen molar-refractivity contribution < 1.29 is 9.47 Å². The van der Waals surface area contributed by atoms with Crippen LogP contribution in [0.4, 0.5) is 0 Å². The summed E-state index contributed by atoms with van der Waals surface area (Å²) in [5, 5.41) is 2.13. The molecule has 262 valence electrons. The number of fused-ring (bicyclic) bond motifs is 3. The van der Waals surface area contributed by atoms with Gasteiger partial charge in [-0.25, -0.2) is 15.0 Å². The van der Waals surface area contributed by atoms with Crippen LogP contribution >= 0.6 is 0 Å². The molecule has 4 aromatic carbocycles. The van der Waals surface area contributed by atoms with Crippen LogP contribution in [0.2, 0.25) is 0 Å². The van der Waals surface area contributed by atoms with Crippen molar-refractivity contribution >= 4 is 21.8 Å². The molecular formula is C45H40N6O2. The highest BCUT2D eigenvalue weighted by Crippen LogP contribution is 2.45. The standard InChI is InChI=1S/C45H40N6O2/c1-44(2,3)35-23-33-34-24-36(45(4,5)6)42(53-32-16-12-14-30(22-32)38-18-8-10-20-48-38)26-40(34)51(43-49-27-46-28-50-43)39(33)25-41(35)52-31-15-11-13-29(21-31)37-17-7-9-19-47-37/h7-28H,1-6H3. The van der Waals surface area contributed by atoms with Crippen molar-refractivity contribution in [3.8, 4) is 51.5 Å². The first-order valence-electron chi connectivity index (χ1n) is 17.7. The monoisotopic (exact) mass is 696 g/mol. The van der Waals surface area contributed by atoms with E-state index in [0.717, 1.165) is 78.4 Å². The number of pyridine rings is 2. The minimum absolute atomic E-state index is 0.238. The zero-order valence-corrected chi connectivity index (χ0v) is 30.7. The molecule has 0 aliphatic heterocycles. The summed E-state index contributed by atoms with van der Waals surface area (Å²) < 4.78 is 15.7. The lowest BCUT2D eigenvalue weighted by atomic mass is 9.84. The van der Waals surface area contributed by atoms with E-state index in [2.05, 4.69) is 95.3 Å². The van der Waals surface area contributed by atoms with E-state index in [1.165, 1.54) is 12.7 Å². The number of hydrogen-bond donors (Lipinski definition) is 0. The van der Waals surface area contributed by atoms with E-state index in [0.29, 0.717) is 5.95 Å². The van der Waals surface area contributed by atoms with Gasteiger partial charge in [-0.3, -0.25) is 14.5 Å². The zero-order valence-electron chi connectivity index (χ0n) is 30.7. The van der Waals surface area contributed by atoms with Crippen LogP contribution in [0.5, 0.6) is 23.0 Å². The van der Waals surface area contributed by atoms with Crippen LogP contribution in [0.15, 0.2) is 134 Å². The number of hydrogen-bond acceptors (Lipinski definition) is 7. The molecule has 4 aromatic heterocycles. The number of benzene rings is 4. The van der Waals surface area contributed by atoms with Crippen molar-refractivity contribution in [2.24, 2.45) is 0 Å². The highest BCUT2D eigenvalue weighted by Gasteiger charge is 2.27. The molecule has 0 atom stereocenters. The zero-order chi connectivity index (χ0) is 36.7. The van der Waals surface area contributed by atoms with Crippen LogP contribution in [-0.4, -0.2) is 29.5 Å². The van der Waals surface area contributed by atoms with Crippen LogP contribution in [-0.2, 0) is 10.8 Å². The first-order chi connectivity index (χ1) is 25.5. The van der Waals surface area contributed by atoms with E-state index in [9.17, 15) is 0 Å². The van der Waals surface area contributed by atoms with Gasteiger partial charge in [0.1, 0.15) is 35.7 Å². The molecule has 8 heteroatoms. The maximum absolute atomic E-state index is 6.80. The van der Waals surface area contributed by atoms with Gasteiger partial charge in [-0.2, -0.15) is 0 Å². The summed E-state index contributed by atoms with van der Waals surface area (Å²) in [6.45, 7) is 13.3. The quantitative estimate of drug-likeness (QED) is 0.164. The number of rotatable bonds is 7. The molecule has 8 aromatic rings. The highest BCUT2D eigenvalue weighted by molar-refractivity contribution is 6.10.